The van der Waals surface area contributed by atoms with Gasteiger partial charge in [0.25, 0.3) is 5.91 Å². The van der Waals surface area contributed by atoms with Crippen molar-refractivity contribution in [1.82, 2.24) is 9.80 Å². The summed E-state index contributed by atoms with van der Waals surface area (Å²) >= 11 is 1.51. The molecule has 3 rings (SSSR count). The van der Waals surface area contributed by atoms with Gasteiger partial charge < -0.3 is 15.5 Å². The number of benzene rings is 1. The highest BCUT2D eigenvalue weighted by Crippen LogP contribution is 2.13. The Morgan fingerprint density at radius 1 is 1.04 bits per heavy atom. The summed E-state index contributed by atoms with van der Waals surface area (Å²) in [6, 6.07) is 11.1. The number of hydrogen-bond donors (Lipinski definition) is 1. The lowest BCUT2D eigenvalue weighted by molar-refractivity contribution is -0.134. The van der Waals surface area contributed by atoms with Crippen LogP contribution in [0.3, 0.4) is 0 Å². The molecule has 2 aromatic rings. The van der Waals surface area contributed by atoms with E-state index in [4.69, 9.17) is 5.73 Å². The molecule has 1 aromatic heterocycles. The molecule has 1 aromatic carbocycles. The first-order valence-electron chi connectivity index (χ1n) is 8.05. The Balaban J connectivity index is 1.52. The van der Waals surface area contributed by atoms with E-state index in [0.717, 1.165) is 11.1 Å². The highest BCUT2D eigenvalue weighted by molar-refractivity contribution is 7.08. The number of hydrogen-bond acceptors (Lipinski definition) is 4. The van der Waals surface area contributed by atoms with Gasteiger partial charge in [0.15, 0.2) is 0 Å². The van der Waals surface area contributed by atoms with E-state index in [2.05, 4.69) is 0 Å². The van der Waals surface area contributed by atoms with Gasteiger partial charge in [0.2, 0.25) is 5.91 Å². The van der Waals surface area contributed by atoms with Crippen molar-refractivity contribution < 1.29 is 9.59 Å². The second-order valence-electron chi connectivity index (χ2n) is 5.93. The zero-order chi connectivity index (χ0) is 16.9. The maximum Gasteiger partial charge on any atom is 0.254 e. The number of nitrogens with zero attached hydrogens (tertiary/aromatic N) is 2. The maximum absolute atomic E-state index is 12.5. The molecule has 1 fully saturated rings. The molecular weight excluding hydrogens is 322 g/mol. The first kappa shape index (κ1) is 16.7. The highest BCUT2D eigenvalue weighted by atomic mass is 32.1. The summed E-state index contributed by atoms with van der Waals surface area (Å²) in [5.41, 5.74) is 7.86. The molecule has 1 saturated heterocycles. The van der Waals surface area contributed by atoms with E-state index >= 15 is 0 Å². The SMILES string of the molecule is NC(Cc1ccccc1)C(=O)N1CCN(C(=O)c2ccsc2)CC1. The van der Waals surface area contributed by atoms with Crippen LogP contribution >= 0.6 is 11.3 Å². The van der Waals surface area contributed by atoms with Crippen molar-refractivity contribution in [3.8, 4) is 0 Å². The topological polar surface area (TPSA) is 66.6 Å². The highest BCUT2D eigenvalue weighted by Gasteiger charge is 2.27. The van der Waals surface area contributed by atoms with Crippen molar-refractivity contribution in [3.05, 3.63) is 58.3 Å². The minimum absolute atomic E-state index is 0.0388. The summed E-state index contributed by atoms with van der Waals surface area (Å²) in [6.45, 7) is 2.19. The summed E-state index contributed by atoms with van der Waals surface area (Å²) in [6.07, 6.45) is 0.535. The Labute approximate surface area is 145 Å². The summed E-state index contributed by atoms with van der Waals surface area (Å²) in [7, 11) is 0. The van der Waals surface area contributed by atoms with Gasteiger partial charge in [0.05, 0.1) is 11.6 Å². The fraction of sp³-hybridized carbons (Fsp3) is 0.333. The van der Waals surface area contributed by atoms with Gasteiger partial charge >= 0.3 is 0 Å². The average Bonchev–Trinajstić information content (AvgIpc) is 3.16. The third-order valence-electron chi connectivity index (χ3n) is 4.26. The smallest absolute Gasteiger partial charge is 0.254 e. The molecule has 2 N–H and O–H groups in total. The van der Waals surface area contributed by atoms with Crippen LogP contribution in [-0.4, -0.2) is 53.8 Å². The predicted octanol–water partition coefficient (Wildman–Crippen LogP) is 1.60. The van der Waals surface area contributed by atoms with Crippen LogP contribution in [0.1, 0.15) is 15.9 Å². The Morgan fingerprint density at radius 2 is 1.71 bits per heavy atom. The van der Waals surface area contributed by atoms with Gasteiger partial charge in [-0.1, -0.05) is 30.3 Å². The number of rotatable bonds is 4. The van der Waals surface area contributed by atoms with Crippen LogP contribution in [0.15, 0.2) is 47.2 Å². The zero-order valence-electron chi connectivity index (χ0n) is 13.4. The summed E-state index contributed by atoms with van der Waals surface area (Å²) in [5.74, 6) is -0.00146. The van der Waals surface area contributed by atoms with Crippen molar-refractivity contribution >= 4 is 23.2 Å². The largest absolute Gasteiger partial charge is 0.338 e. The third-order valence-corrected chi connectivity index (χ3v) is 4.95. The molecule has 5 nitrogen and oxygen atoms in total. The monoisotopic (exact) mass is 343 g/mol. The van der Waals surface area contributed by atoms with Gasteiger partial charge in [-0.3, -0.25) is 9.59 Å². The first-order valence-corrected chi connectivity index (χ1v) is 8.99. The predicted molar refractivity (Wildman–Crippen MR) is 94.9 cm³/mol. The fourth-order valence-corrected chi connectivity index (χ4v) is 3.52. The van der Waals surface area contributed by atoms with E-state index in [-0.39, 0.29) is 11.8 Å². The quantitative estimate of drug-likeness (QED) is 0.917. The Hall–Kier alpha value is -2.18. The normalized spacial score (nSPS) is 16.0. The van der Waals surface area contributed by atoms with Gasteiger partial charge in [-0.2, -0.15) is 11.3 Å². The van der Waals surface area contributed by atoms with Crippen LogP contribution < -0.4 is 5.73 Å². The van der Waals surface area contributed by atoms with Crippen LogP contribution in [0.25, 0.3) is 0 Å². The molecule has 0 aliphatic carbocycles. The minimum Gasteiger partial charge on any atom is -0.338 e. The number of nitrogens with two attached hydrogens (primary N) is 1. The van der Waals surface area contributed by atoms with Gasteiger partial charge in [0, 0.05) is 31.6 Å². The van der Waals surface area contributed by atoms with Crippen molar-refractivity contribution in [3.63, 3.8) is 0 Å². The van der Waals surface area contributed by atoms with Crippen molar-refractivity contribution in [2.24, 2.45) is 5.73 Å². The number of carbonyl (C=O) groups excluding carboxylic acids is 2. The van der Waals surface area contributed by atoms with E-state index < -0.39 is 6.04 Å². The number of thiophene rings is 1. The molecule has 24 heavy (non-hydrogen) atoms. The van der Waals surface area contributed by atoms with Crippen LogP contribution in [0, 0.1) is 0 Å². The molecule has 0 radical (unpaired) electrons. The Kier molecular flexibility index (Phi) is 5.27. The maximum atomic E-state index is 12.5. The summed E-state index contributed by atoms with van der Waals surface area (Å²) in [4.78, 5) is 28.4. The second-order valence-corrected chi connectivity index (χ2v) is 6.71. The minimum atomic E-state index is -0.536. The van der Waals surface area contributed by atoms with Crippen LogP contribution in [0.2, 0.25) is 0 Å². The van der Waals surface area contributed by atoms with E-state index in [9.17, 15) is 9.59 Å². The number of piperazine rings is 1. The average molecular weight is 343 g/mol. The molecule has 126 valence electrons. The number of amides is 2. The second kappa shape index (κ2) is 7.59. The molecule has 6 heteroatoms. The van der Waals surface area contributed by atoms with Crippen molar-refractivity contribution in [2.75, 3.05) is 26.2 Å². The Morgan fingerprint density at radius 3 is 2.33 bits per heavy atom. The van der Waals surface area contributed by atoms with Crippen molar-refractivity contribution in [2.45, 2.75) is 12.5 Å². The fourth-order valence-electron chi connectivity index (χ4n) is 2.89. The van der Waals surface area contributed by atoms with Gasteiger partial charge in [-0.15, -0.1) is 0 Å². The third kappa shape index (κ3) is 3.83. The molecular formula is C18H21N3O2S. The summed E-state index contributed by atoms with van der Waals surface area (Å²) < 4.78 is 0. The molecule has 0 saturated carbocycles. The molecule has 1 atom stereocenters. The van der Waals surface area contributed by atoms with Gasteiger partial charge in [0.1, 0.15) is 0 Å². The van der Waals surface area contributed by atoms with E-state index in [1.807, 2.05) is 47.2 Å². The summed E-state index contributed by atoms with van der Waals surface area (Å²) in [5, 5.41) is 3.76. The molecule has 2 heterocycles. The van der Waals surface area contributed by atoms with Gasteiger partial charge in [-0.25, -0.2) is 0 Å². The Bertz CT molecular complexity index is 680. The standard InChI is InChI=1S/C18H21N3O2S/c19-16(12-14-4-2-1-3-5-14)18(23)21-9-7-20(8-10-21)17(22)15-6-11-24-13-15/h1-6,11,13,16H,7-10,12,19H2. The van der Waals surface area contributed by atoms with Crippen molar-refractivity contribution in [1.29, 1.82) is 0 Å². The van der Waals surface area contributed by atoms with Crippen LogP contribution in [0.5, 0.6) is 0 Å². The van der Waals surface area contributed by atoms with E-state index in [1.165, 1.54) is 11.3 Å². The molecule has 0 spiro atoms. The zero-order valence-corrected chi connectivity index (χ0v) is 14.2. The lowest BCUT2D eigenvalue weighted by Crippen LogP contribution is -2.54. The first-order chi connectivity index (χ1) is 11.6. The molecule has 1 aliphatic heterocycles. The van der Waals surface area contributed by atoms with Crippen LogP contribution in [0.4, 0.5) is 0 Å². The lowest BCUT2D eigenvalue weighted by atomic mass is 10.1. The van der Waals surface area contributed by atoms with Gasteiger partial charge in [-0.05, 0) is 23.4 Å². The molecule has 1 aliphatic rings. The van der Waals surface area contributed by atoms with Crippen LogP contribution in [-0.2, 0) is 11.2 Å². The molecule has 1 unspecified atom stereocenters. The molecule has 0 bridgehead atoms. The molecule has 2 amide bonds. The lowest BCUT2D eigenvalue weighted by Gasteiger charge is -2.35. The van der Waals surface area contributed by atoms with E-state index in [0.29, 0.717) is 32.6 Å². The number of carbonyl (C=O) groups is 2. The van der Waals surface area contributed by atoms with E-state index in [1.54, 1.807) is 9.80 Å².